The summed E-state index contributed by atoms with van der Waals surface area (Å²) in [6.45, 7) is 4.87. The molecule has 2 N–H and O–H groups in total. The molecule has 4 heterocycles. The van der Waals surface area contributed by atoms with Crippen molar-refractivity contribution in [3.63, 3.8) is 0 Å². The molecule has 10 nitrogen and oxygen atoms in total. The van der Waals surface area contributed by atoms with Gasteiger partial charge in [-0.15, -0.1) is 0 Å². The number of amides is 2. The summed E-state index contributed by atoms with van der Waals surface area (Å²) in [4.78, 5) is 57.0. The Kier molecular flexibility index (Phi) is 7.25. The quantitative estimate of drug-likeness (QED) is 0.349. The van der Waals surface area contributed by atoms with Gasteiger partial charge in [-0.3, -0.25) is 14.4 Å². The highest BCUT2D eigenvalue weighted by Gasteiger charge is 2.31. The van der Waals surface area contributed by atoms with Gasteiger partial charge in [0.05, 0.1) is 6.61 Å². The largest absolute Gasteiger partial charge is 0.422 e. The fourth-order valence-corrected chi connectivity index (χ4v) is 6.34. The molecule has 1 atom stereocenters. The van der Waals surface area contributed by atoms with E-state index in [0.29, 0.717) is 42.7 Å². The second-order valence-electron chi connectivity index (χ2n) is 11.0. The first kappa shape index (κ1) is 27.0. The van der Waals surface area contributed by atoms with Crippen LogP contribution in [0.2, 0.25) is 0 Å². The lowest BCUT2D eigenvalue weighted by Crippen LogP contribution is -2.56. The summed E-state index contributed by atoms with van der Waals surface area (Å²) in [5.74, 6) is -1.15. The van der Waals surface area contributed by atoms with E-state index in [2.05, 4.69) is 15.1 Å². The Balaban J connectivity index is 1.15. The van der Waals surface area contributed by atoms with Crippen molar-refractivity contribution in [2.75, 3.05) is 55.7 Å². The van der Waals surface area contributed by atoms with Gasteiger partial charge in [0.1, 0.15) is 17.2 Å². The van der Waals surface area contributed by atoms with Crippen LogP contribution in [0.4, 0.5) is 11.4 Å². The van der Waals surface area contributed by atoms with Crippen molar-refractivity contribution in [2.45, 2.75) is 38.6 Å². The number of carbonyl (C=O) groups excluding carboxylic acids is 3. The third kappa shape index (κ3) is 5.08. The number of carbonyl (C=O) groups is 3. The van der Waals surface area contributed by atoms with E-state index in [-0.39, 0.29) is 11.3 Å². The normalized spacial score (nSPS) is 17.3. The molecule has 10 heteroatoms. The second-order valence-corrected chi connectivity index (χ2v) is 11.0. The van der Waals surface area contributed by atoms with Crippen LogP contribution in [0.25, 0.3) is 11.0 Å². The Hall–Kier alpha value is -4.18. The topological polar surface area (TPSA) is 123 Å². The van der Waals surface area contributed by atoms with Crippen LogP contribution in [-0.2, 0) is 17.6 Å². The average Bonchev–Trinajstić information content (AvgIpc) is 3.00. The molecule has 0 aliphatic carbocycles. The van der Waals surface area contributed by atoms with Crippen molar-refractivity contribution in [3.05, 3.63) is 69.1 Å². The van der Waals surface area contributed by atoms with E-state index in [1.807, 2.05) is 18.2 Å². The van der Waals surface area contributed by atoms with E-state index in [9.17, 15) is 24.3 Å². The monoisotopic (exact) mass is 558 g/mol. The van der Waals surface area contributed by atoms with Crippen molar-refractivity contribution in [1.82, 2.24) is 10.2 Å². The first-order valence-electron chi connectivity index (χ1n) is 14.3. The molecule has 1 fully saturated rings. The molecule has 1 saturated heterocycles. The zero-order valence-electron chi connectivity index (χ0n) is 23.1. The standard InChI is InChI=1S/C31H34N4O6/c1-19(37)20-6-8-23(9-7-20)33-12-14-35(15-13-33)30(39)26(18-36)32-29(38)25-17-22-16-21-4-2-10-34-11-3-5-24(27(21)34)28(22)41-31(25)40/h6-9,16-17,26,36H,2-5,10-15,18H2,1H3,(H,32,38)/t26-/m0/s1. The molecule has 0 radical (unpaired) electrons. The minimum Gasteiger partial charge on any atom is -0.422 e. The Morgan fingerprint density at radius 2 is 1.66 bits per heavy atom. The summed E-state index contributed by atoms with van der Waals surface area (Å²) >= 11 is 0. The molecular formula is C31H34N4O6. The molecule has 214 valence electrons. The van der Waals surface area contributed by atoms with E-state index in [4.69, 9.17) is 4.42 Å². The molecule has 2 amide bonds. The van der Waals surface area contributed by atoms with Crippen LogP contribution in [-0.4, -0.2) is 79.5 Å². The average molecular weight is 559 g/mol. The van der Waals surface area contributed by atoms with Crippen LogP contribution in [0.15, 0.2) is 45.6 Å². The maximum atomic E-state index is 13.2. The fraction of sp³-hybridized carbons (Fsp3) is 0.419. The number of nitrogens with zero attached hydrogens (tertiary/aromatic N) is 3. The minimum atomic E-state index is -1.18. The number of aliphatic hydroxyl groups is 1. The van der Waals surface area contributed by atoms with E-state index >= 15 is 0 Å². The number of fused-ring (bicyclic) bond motifs is 2. The molecule has 6 rings (SSSR count). The molecule has 0 bridgehead atoms. The van der Waals surface area contributed by atoms with Crippen LogP contribution >= 0.6 is 0 Å². The summed E-state index contributed by atoms with van der Waals surface area (Å²) in [6.07, 6.45) is 3.80. The van der Waals surface area contributed by atoms with Gasteiger partial charge in [-0.25, -0.2) is 4.79 Å². The van der Waals surface area contributed by atoms with Gasteiger partial charge in [-0.05, 0) is 74.6 Å². The van der Waals surface area contributed by atoms with Crippen molar-refractivity contribution < 1.29 is 23.9 Å². The number of aliphatic hydroxyl groups excluding tert-OH is 1. The summed E-state index contributed by atoms with van der Waals surface area (Å²) < 4.78 is 5.73. The van der Waals surface area contributed by atoms with E-state index in [1.165, 1.54) is 18.2 Å². The number of anilines is 2. The van der Waals surface area contributed by atoms with Crippen LogP contribution < -0.4 is 20.7 Å². The van der Waals surface area contributed by atoms with Crippen molar-refractivity contribution in [1.29, 1.82) is 0 Å². The van der Waals surface area contributed by atoms with Crippen molar-refractivity contribution in [3.8, 4) is 0 Å². The van der Waals surface area contributed by atoms with E-state index in [0.717, 1.165) is 50.0 Å². The SMILES string of the molecule is CC(=O)c1ccc(N2CCN(C(=O)[C@H](CO)NC(=O)c3cc4cc5c6c(c4oc3=O)CCCN6CCC5)CC2)cc1. The molecule has 0 spiro atoms. The Bertz CT molecular complexity index is 1570. The zero-order valence-corrected chi connectivity index (χ0v) is 23.1. The van der Waals surface area contributed by atoms with Crippen molar-refractivity contribution in [2.24, 2.45) is 0 Å². The van der Waals surface area contributed by atoms with Gasteiger partial charge in [0.25, 0.3) is 5.91 Å². The van der Waals surface area contributed by atoms with Gasteiger partial charge in [-0.2, -0.15) is 0 Å². The first-order chi connectivity index (χ1) is 19.8. The van der Waals surface area contributed by atoms with Gasteiger partial charge in [-0.1, -0.05) is 0 Å². The maximum Gasteiger partial charge on any atom is 0.349 e. The Labute approximate surface area is 237 Å². The lowest BCUT2D eigenvalue weighted by atomic mass is 9.90. The molecule has 3 aliphatic rings. The van der Waals surface area contributed by atoms with Crippen LogP contribution in [0.5, 0.6) is 0 Å². The number of Topliss-reactive ketones (excluding diaryl/α,β-unsaturated/α-hetero) is 1. The summed E-state index contributed by atoms with van der Waals surface area (Å²) in [5, 5.41) is 13.3. The van der Waals surface area contributed by atoms with E-state index < -0.39 is 30.1 Å². The Morgan fingerprint density at radius 3 is 2.34 bits per heavy atom. The number of hydrogen-bond donors (Lipinski definition) is 2. The predicted octanol–water partition coefficient (Wildman–Crippen LogP) is 2.13. The zero-order chi connectivity index (χ0) is 28.7. The van der Waals surface area contributed by atoms with Crippen LogP contribution in [0.3, 0.4) is 0 Å². The minimum absolute atomic E-state index is 0.00514. The molecular weight excluding hydrogens is 524 g/mol. The fourth-order valence-electron chi connectivity index (χ4n) is 6.34. The predicted molar refractivity (Wildman–Crippen MR) is 155 cm³/mol. The molecule has 1 aromatic heterocycles. The highest BCUT2D eigenvalue weighted by Crippen LogP contribution is 2.39. The number of aryl methyl sites for hydroxylation is 2. The summed E-state index contributed by atoms with van der Waals surface area (Å²) in [5.41, 5.74) is 4.60. The van der Waals surface area contributed by atoms with Gasteiger partial charge >= 0.3 is 5.63 Å². The third-order valence-corrected chi connectivity index (χ3v) is 8.48. The van der Waals surface area contributed by atoms with E-state index in [1.54, 1.807) is 23.1 Å². The maximum absolute atomic E-state index is 13.2. The number of ketones is 1. The smallest absolute Gasteiger partial charge is 0.349 e. The summed E-state index contributed by atoms with van der Waals surface area (Å²) in [6, 6.07) is 9.73. The molecule has 3 aliphatic heterocycles. The van der Waals surface area contributed by atoms with Gasteiger partial charge < -0.3 is 29.5 Å². The molecule has 0 unspecified atom stereocenters. The lowest BCUT2D eigenvalue weighted by Gasteiger charge is -2.37. The number of piperazine rings is 1. The molecule has 2 aromatic carbocycles. The highest BCUT2D eigenvalue weighted by molar-refractivity contribution is 6.00. The van der Waals surface area contributed by atoms with Gasteiger partial charge in [0, 0.05) is 67.2 Å². The third-order valence-electron chi connectivity index (χ3n) is 8.48. The lowest BCUT2D eigenvalue weighted by molar-refractivity contribution is -0.134. The second kappa shape index (κ2) is 11.0. The van der Waals surface area contributed by atoms with Gasteiger partial charge in [0.2, 0.25) is 5.91 Å². The van der Waals surface area contributed by atoms with Crippen LogP contribution in [0, 0.1) is 0 Å². The number of rotatable bonds is 6. The van der Waals surface area contributed by atoms with Crippen LogP contribution in [0.1, 0.15) is 51.6 Å². The van der Waals surface area contributed by atoms with Crippen molar-refractivity contribution >= 4 is 39.9 Å². The number of hydrogen-bond acceptors (Lipinski definition) is 8. The molecule has 41 heavy (non-hydrogen) atoms. The number of benzene rings is 2. The number of nitrogens with one attached hydrogen (secondary N) is 1. The Morgan fingerprint density at radius 1 is 0.951 bits per heavy atom. The first-order valence-corrected chi connectivity index (χ1v) is 14.3. The molecule has 3 aromatic rings. The van der Waals surface area contributed by atoms with Gasteiger partial charge in [0.15, 0.2) is 5.78 Å². The summed E-state index contributed by atoms with van der Waals surface area (Å²) in [7, 11) is 0. The highest BCUT2D eigenvalue weighted by atomic mass is 16.4. The molecule has 0 saturated carbocycles.